The van der Waals surface area contributed by atoms with E-state index in [1.54, 1.807) is 20.3 Å². The third-order valence-electron chi connectivity index (χ3n) is 2.79. The summed E-state index contributed by atoms with van der Waals surface area (Å²) in [6, 6.07) is 5.27. The van der Waals surface area contributed by atoms with E-state index in [9.17, 15) is 4.79 Å². The van der Waals surface area contributed by atoms with Crippen LogP contribution in [-0.4, -0.2) is 26.5 Å². The fourth-order valence-electron chi connectivity index (χ4n) is 1.94. The molecule has 1 aromatic carbocycles. The topological polar surface area (TPSA) is 47.6 Å². The molecule has 0 aromatic heterocycles. The van der Waals surface area contributed by atoms with Crippen molar-refractivity contribution in [3.8, 4) is 11.5 Å². The lowest BCUT2D eigenvalue weighted by Gasteiger charge is -2.14. The highest BCUT2D eigenvalue weighted by Crippen LogP contribution is 2.31. The summed E-state index contributed by atoms with van der Waals surface area (Å²) in [7, 11) is 3.20. The van der Waals surface area contributed by atoms with Gasteiger partial charge < -0.3 is 14.8 Å². The maximum Gasteiger partial charge on any atom is 0.155 e. The van der Waals surface area contributed by atoms with Crippen LogP contribution >= 0.6 is 0 Å². The van der Waals surface area contributed by atoms with Gasteiger partial charge in [0.05, 0.1) is 20.3 Å². The Labute approximate surface area is 94.6 Å². The Balaban J connectivity index is 2.36. The maximum absolute atomic E-state index is 11.6. The van der Waals surface area contributed by atoms with Gasteiger partial charge in [-0.3, -0.25) is 4.79 Å². The molecule has 1 saturated heterocycles. The van der Waals surface area contributed by atoms with E-state index in [1.807, 2.05) is 12.1 Å². The highest BCUT2D eigenvalue weighted by molar-refractivity contribution is 5.88. The molecule has 2 rings (SSSR count). The molecule has 0 aliphatic carbocycles. The molecule has 0 bridgehead atoms. The summed E-state index contributed by atoms with van der Waals surface area (Å²) >= 11 is 0. The first-order chi connectivity index (χ1) is 7.76. The van der Waals surface area contributed by atoms with Crippen molar-refractivity contribution in [2.24, 2.45) is 0 Å². The lowest BCUT2D eigenvalue weighted by Crippen LogP contribution is -2.18. The van der Waals surface area contributed by atoms with Crippen LogP contribution in [0.5, 0.6) is 11.5 Å². The van der Waals surface area contributed by atoms with Crippen LogP contribution < -0.4 is 14.8 Å². The zero-order valence-corrected chi connectivity index (χ0v) is 9.45. The van der Waals surface area contributed by atoms with Crippen LogP contribution in [0.25, 0.3) is 0 Å². The Morgan fingerprint density at radius 3 is 2.69 bits per heavy atom. The van der Waals surface area contributed by atoms with Gasteiger partial charge in [0.15, 0.2) is 5.78 Å². The summed E-state index contributed by atoms with van der Waals surface area (Å²) < 4.78 is 10.4. The minimum atomic E-state index is -0.235. The molecular weight excluding hydrogens is 206 g/mol. The van der Waals surface area contributed by atoms with Crippen LogP contribution in [0.4, 0.5) is 0 Å². The molecule has 1 unspecified atom stereocenters. The molecule has 0 radical (unpaired) electrons. The van der Waals surface area contributed by atoms with Crippen molar-refractivity contribution in [2.45, 2.75) is 12.5 Å². The predicted octanol–water partition coefficient (Wildman–Crippen LogP) is 1.31. The van der Waals surface area contributed by atoms with Crippen molar-refractivity contribution in [1.82, 2.24) is 5.32 Å². The summed E-state index contributed by atoms with van der Waals surface area (Å²) in [4.78, 5) is 11.6. The third-order valence-corrected chi connectivity index (χ3v) is 2.79. The molecular formula is C12H15NO3. The van der Waals surface area contributed by atoms with E-state index < -0.39 is 0 Å². The maximum atomic E-state index is 11.6. The predicted molar refractivity (Wildman–Crippen MR) is 59.9 cm³/mol. The average Bonchev–Trinajstić information content (AvgIpc) is 2.74. The summed E-state index contributed by atoms with van der Waals surface area (Å²) in [6.07, 6.45) is 0.583. The first-order valence-corrected chi connectivity index (χ1v) is 5.24. The molecule has 0 spiro atoms. The zero-order chi connectivity index (χ0) is 11.5. The fraction of sp³-hybridized carbons (Fsp3) is 0.417. The number of carbonyl (C=O) groups excluding carboxylic acids is 1. The molecule has 86 valence electrons. The van der Waals surface area contributed by atoms with Crippen molar-refractivity contribution in [3.05, 3.63) is 23.8 Å². The highest BCUT2D eigenvalue weighted by atomic mass is 16.5. The van der Waals surface area contributed by atoms with E-state index in [-0.39, 0.29) is 11.8 Å². The second-order valence-electron chi connectivity index (χ2n) is 3.71. The Morgan fingerprint density at radius 2 is 2.12 bits per heavy atom. The second-order valence-corrected chi connectivity index (χ2v) is 3.71. The van der Waals surface area contributed by atoms with Gasteiger partial charge in [-0.25, -0.2) is 0 Å². The Hall–Kier alpha value is -1.55. The number of nitrogens with one attached hydrogen (secondary N) is 1. The van der Waals surface area contributed by atoms with E-state index in [4.69, 9.17) is 9.47 Å². The lowest BCUT2D eigenvalue weighted by atomic mass is 10.0. The van der Waals surface area contributed by atoms with Gasteiger partial charge >= 0.3 is 0 Å². The number of ether oxygens (including phenoxy) is 2. The molecule has 1 atom stereocenters. The number of hydrogen-bond acceptors (Lipinski definition) is 4. The summed E-state index contributed by atoms with van der Waals surface area (Å²) in [5.41, 5.74) is 0.880. The molecule has 0 amide bonds. The van der Waals surface area contributed by atoms with E-state index in [2.05, 4.69) is 5.32 Å². The van der Waals surface area contributed by atoms with Crippen LogP contribution in [0.3, 0.4) is 0 Å². The molecule has 1 fully saturated rings. The summed E-state index contributed by atoms with van der Waals surface area (Å²) in [5, 5.41) is 3.16. The number of benzene rings is 1. The SMILES string of the molecule is COc1ccc(C2NCCC2=O)c(OC)c1. The normalized spacial score (nSPS) is 19.9. The number of rotatable bonds is 3. The number of carbonyl (C=O) groups is 1. The van der Waals surface area contributed by atoms with Crippen molar-refractivity contribution in [1.29, 1.82) is 0 Å². The highest BCUT2D eigenvalue weighted by Gasteiger charge is 2.27. The Morgan fingerprint density at radius 1 is 1.31 bits per heavy atom. The van der Waals surface area contributed by atoms with Gasteiger partial charge in [0, 0.05) is 24.6 Å². The van der Waals surface area contributed by atoms with Gasteiger partial charge in [-0.1, -0.05) is 0 Å². The standard InChI is InChI=1S/C12H15NO3/c1-15-8-3-4-9(11(7-8)16-2)12-10(14)5-6-13-12/h3-4,7,12-13H,5-6H2,1-2H3. The molecule has 16 heavy (non-hydrogen) atoms. The Bertz CT molecular complexity index is 403. The molecule has 1 aromatic rings. The van der Waals surface area contributed by atoms with Gasteiger partial charge in [0.25, 0.3) is 0 Å². The van der Waals surface area contributed by atoms with E-state index in [0.29, 0.717) is 12.2 Å². The van der Waals surface area contributed by atoms with E-state index >= 15 is 0 Å². The first kappa shape index (κ1) is 11.0. The monoisotopic (exact) mass is 221 g/mol. The van der Waals surface area contributed by atoms with Crippen LogP contribution in [0.1, 0.15) is 18.0 Å². The van der Waals surface area contributed by atoms with Crippen molar-refractivity contribution in [3.63, 3.8) is 0 Å². The van der Waals surface area contributed by atoms with E-state index in [1.165, 1.54) is 0 Å². The molecule has 0 saturated carbocycles. The molecule has 1 aliphatic heterocycles. The smallest absolute Gasteiger partial charge is 0.155 e. The fourth-order valence-corrected chi connectivity index (χ4v) is 1.94. The van der Waals surface area contributed by atoms with Gasteiger partial charge in [-0.05, 0) is 12.1 Å². The summed E-state index contributed by atoms with van der Waals surface area (Å²) in [5.74, 6) is 1.63. The average molecular weight is 221 g/mol. The quantitative estimate of drug-likeness (QED) is 0.836. The lowest BCUT2D eigenvalue weighted by molar-refractivity contribution is -0.118. The minimum Gasteiger partial charge on any atom is -0.497 e. The van der Waals surface area contributed by atoms with Gasteiger partial charge in [0.2, 0.25) is 0 Å². The Kier molecular flexibility index (Phi) is 3.10. The van der Waals surface area contributed by atoms with Crippen LogP contribution in [0, 0.1) is 0 Å². The summed E-state index contributed by atoms with van der Waals surface area (Å²) in [6.45, 7) is 0.735. The van der Waals surface area contributed by atoms with Gasteiger partial charge in [-0.15, -0.1) is 0 Å². The van der Waals surface area contributed by atoms with E-state index in [0.717, 1.165) is 17.9 Å². The molecule has 1 N–H and O–H groups in total. The number of Topliss-reactive ketones (excluding diaryl/α,β-unsaturated/α-hetero) is 1. The van der Waals surface area contributed by atoms with Crippen molar-refractivity contribution in [2.75, 3.05) is 20.8 Å². The van der Waals surface area contributed by atoms with Crippen LogP contribution in [0.15, 0.2) is 18.2 Å². The largest absolute Gasteiger partial charge is 0.497 e. The molecule has 1 heterocycles. The van der Waals surface area contributed by atoms with Crippen molar-refractivity contribution < 1.29 is 14.3 Å². The third kappa shape index (κ3) is 1.88. The second kappa shape index (κ2) is 4.53. The number of ketones is 1. The molecule has 1 aliphatic rings. The van der Waals surface area contributed by atoms with Crippen LogP contribution in [-0.2, 0) is 4.79 Å². The minimum absolute atomic E-state index is 0.212. The first-order valence-electron chi connectivity index (χ1n) is 5.24. The van der Waals surface area contributed by atoms with Gasteiger partial charge in [-0.2, -0.15) is 0 Å². The number of methoxy groups -OCH3 is 2. The van der Waals surface area contributed by atoms with Gasteiger partial charge in [0.1, 0.15) is 11.5 Å². The number of hydrogen-bond donors (Lipinski definition) is 1. The molecule has 4 nitrogen and oxygen atoms in total. The van der Waals surface area contributed by atoms with Crippen molar-refractivity contribution >= 4 is 5.78 Å². The molecule has 4 heteroatoms. The zero-order valence-electron chi connectivity index (χ0n) is 9.45. The van der Waals surface area contributed by atoms with Crippen LogP contribution in [0.2, 0.25) is 0 Å².